The Hall–Kier alpha value is -4.19. The molecule has 0 bridgehead atoms. The first-order valence-electron chi connectivity index (χ1n) is 9.86. The van der Waals surface area contributed by atoms with E-state index in [-0.39, 0.29) is 17.7 Å². The van der Waals surface area contributed by atoms with Crippen molar-refractivity contribution in [2.75, 3.05) is 16.8 Å². The van der Waals surface area contributed by atoms with Crippen molar-refractivity contribution in [3.8, 4) is 5.75 Å². The molecule has 0 radical (unpaired) electrons. The number of hydrogen-bond donors (Lipinski definition) is 1. The molecule has 1 aliphatic heterocycles. The Kier molecular flexibility index (Phi) is 5.62. The zero-order chi connectivity index (χ0) is 21.8. The smallest absolute Gasteiger partial charge is 0.266 e. The summed E-state index contributed by atoms with van der Waals surface area (Å²) in [7, 11) is 0. The average Bonchev–Trinajstić information content (AvgIpc) is 3.04. The first-order valence-corrected chi connectivity index (χ1v) is 9.86. The largest absolute Gasteiger partial charge is 0.494 e. The molecule has 0 fully saturated rings. The van der Waals surface area contributed by atoms with E-state index < -0.39 is 0 Å². The number of benzene rings is 3. The Morgan fingerprint density at radius 1 is 0.935 bits per heavy atom. The van der Waals surface area contributed by atoms with Crippen LogP contribution in [0.1, 0.15) is 33.2 Å². The number of fused-ring (bicyclic) bond motifs is 1. The Morgan fingerprint density at radius 2 is 1.61 bits per heavy atom. The summed E-state index contributed by atoms with van der Waals surface area (Å²) in [6, 6.07) is 20.8. The minimum atomic E-state index is -0.375. The minimum Gasteiger partial charge on any atom is -0.494 e. The lowest BCUT2D eigenvalue weighted by Gasteiger charge is -2.15. The van der Waals surface area contributed by atoms with E-state index in [1.807, 2.05) is 31.2 Å². The van der Waals surface area contributed by atoms with Crippen molar-refractivity contribution < 1.29 is 19.1 Å². The van der Waals surface area contributed by atoms with Crippen LogP contribution in [0, 0.1) is 0 Å². The van der Waals surface area contributed by atoms with Crippen molar-refractivity contribution in [3.63, 3.8) is 0 Å². The van der Waals surface area contributed by atoms with Crippen LogP contribution in [0.3, 0.4) is 0 Å². The van der Waals surface area contributed by atoms with Gasteiger partial charge in [0.15, 0.2) is 0 Å². The molecule has 6 nitrogen and oxygen atoms in total. The number of rotatable bonds is 6. The van der Waals surface area contributed by atoms with Crippen molar-refractivity contribution in [2.45, 2.75) is 6.92 Å². The van der Waals surface area contributed by atoms with Crippen LogP contribution in [0.2, 0.25) is 0 Å². The first-order chi connectivity index (χ1) is 15.1. The lowest BCUT2D eigenvalue weighted by atomic mass is 10.1. The normalized spacial score (nSPS) is 12.9. The Bertz CT molecular complexity index is 1150. The van der Waals surface area contributed by atoms with E-state index in [9.17, 15) is 14.4 Å². The molecule has 31 heavy (non-hydrogen) atoms. The number of carbonyl (C=O) groups is 3. The van der Waals surface area contributed by atoms with Gasteiger partial charge >= 0.3 is 0 Å². The highest BCUT2D eigenvalue weighted by Crippen LogP contribution is 2.29. The molecule has 6 heteroatoms. The maximum Gasteiger partial charge on any atom is 0.266 e. The molecule has 0 spiro atoms. The van der Waals surface area contributed by atoms with Crippen LogP contribution in [0.15, 0.2) is 78.9 Å². The van der Waals surface area contributed by atoms with Crippen LogP contribution in [0.5, 0.6) is 5.75 Å². The number of amides is 3. The molecule has 3 amide bonds. The number of hydrogen-bond acceptors (Lipinski definition) is 4. The molecular formula is C25H20N2O4. The zero-order valence-electron chi connectivity index (χ0n) is 16.9. The van der Waals surface area contributed by atoms with Gasteiger partial charge in [-0.25, -0.2) is 4.90 Å². The molecule has 154 valence electrons. The van der Waals surface area contributed by atoms with Gasteiger partial charge in [-0.3, -0.25) is 14.4 Å². The molecule has 0 aromatic heterocycles. The second-order valence-electron chi connectivity index (χ2n) is 6.87. The predicted molar refractivity (Wildman–Crippen MR) is 119 cm³/mol. The van der Waals surface area contributed by atoms with Gasteiger partial charge in [0.25, 0.3) is 11.8 Å². The van der Waals surface area contributed by atoms with Crippen LogP contribution in [-0.2, 0) is 4.79 Å². The first kappa shape index (κ1) is 20.1. The van der Waals surface area contributed by atoms with Gasteiger partial charge in [-0.15, -0.1) is 0 Å². The number of anilines is 2. The zero-order valence-corrected chi connectivity index (χ0v) is 16.9. The van der Waals surface area contributed by atoms with Crippen LogP contribution >= 0.6 is 0 Å². The Balaban J connectivity index is 1.46. The third kappa shape index (κ3) is 4.23. The van der Waals surface area contributed by atoms with Crippen LogP contribution in [-0.4, -0.2) is 24.3 Å². The predicted octanol–water partition coefficient (Wildman–Crippen LogP) is 4.54. The summed E-state index contributed by atoms with van der Waals surface area (Å²) in [5.41, 5.74) is 2.49. The van der Waals surface area contributed by atoms with Crippen molar-refractivity contribution in [2.24, 2.45) is 0 Å². The molecule has 0 atom stereocenters. The summed E-state index contributed by atoms with van der Waals surface area (Å²) in [6.45, 7) is 2.51. The molecule has 3 aromatic rings. The number of nitrogens with one attached hydrogen (secondary N) is 1. The number of ether oxygens (including phenoxy) is 1. The van der Waals surface area contributed by atoms with Gasteiger partial charge in [-0.2, -0.15) is 0 Å². The van der Waals surface area contributed by atoms with Gasteiger partial charge in [0.2, 0.25) is 5.91 Å². The molecule has 0 unspecified atom stereocenters. The van der Waals surface area contributed by atoms with Crippen molar-refractivity contribution >= 4 is 35.2 Å². The van der Waals surface area contributed by atoms with Crippen LogP contribution in [0.4, 0.5) is 11.4 Å². The minimum absolute atomic E-state index is 0.326. The van der Waals surface area contributed by atoms with Gasteiger partial charge in [0.05, 0.1) is 23.4 Å². The quantitative estimate of drug-likeness (QED) is 0.476. The van der Waals surface area contributed by atoms with Gasteiger partial charge in [0, 0.05) is 11.8 Å². The summed E-state index contributed by atoms with van der Waals surface area (Å²) in [5.74, 6) is -0.304. The fourth-order valence-corrected chi connectivity index (χ4v) is 3.34. The molecule has 0 aliphatic carbocycles. The topological polar surface area (TPSA) is 75.7 Å². The Morgan fingerprint density at radius 3 is 2.26 bits per heavy atom. The van der Waals surface area contributed by atoms with E-state index in [1.165, 1.54) is 6.08 Å². The van der Waals surface area contributed by atoms with Gasteiger partial charge in [-0.05, 0) is 61.0 Å². The third-order valence-corrected chi connectivity index (χ3v) is 4.78. The summed E-state index contributed by atoms with van der Waals surface area (Å²) >= 11 is 0. The fourth-order valence-electron chi connectivity index (χ4n) is 3.34. The average molecular weight is 412 g/mol. The Labute approximate surface area is 179 Å². The molecule has 3 aromatic carbocycles. The van der Waals surface area contributed by atoms with E-state index in [1.54, 1.807) is 54.6 Å². The number of carbonyl (C=O) groups excluding carboxylic acids is 3. The molecule has 1 heterocycles. The monoisotopic (exact) mass is 412 g/mol. The van der Waals surface area contributed by atoms with Gasteiger partial charge < -0.3 is 10.1 Å². The lowest BCUT2D eigenvalue weighted by Crippen LogP contribution is -2.29. The maximum absolute atomic E-state index is 12.7. The van der Waals surface area contributed by atoms with Gasteiger partial charge in [0.1, 0.15) is 5.75 Å². The van der Waals surface area contributed by atoms with Gasteiger partial charge in [-0.1, -0.05) is 30.3 Å². The summed E-state index contributed by atoms with van der Waals surface area (Å²) in [6.07, 6.45) is 3.11. The van der Waals surface area contributed by atoms with E-state index >= 15 is 0 Å². The van der Waals surface area contributed by atoms with E-state index in [4.69, 9.17) is 4.74 Å². The molecule has 4 rings (SSSR count). The highest BCUT2D eigenvalue weighted by atomic mass is 16.5. The third-order valence-electron chi connectivity index (χ3n) is 4.78. The standard InChI is InChI=1S/C25H20N2O4/c1-2-31-20-13-10-17(11-14-20)12-15-23(28)26-18-6-5-7-19(16-18)27-24(29)21-8-3-4-9-22(21)25(27)30/h3-16H,2H2,1H3,(H,26,28)/b15-12+. The second-order valence-corrected chi connectivity index (χ2v) is 6.87. The SMILES string of the molecule is CCOc1ccc(/C=C/C(=O)Nc2cccc(N3C(=O)c4ccccc4C3=O)c2)cc1. The van der Waals surface area contributed by atoms with E-state index in [0.717, 1.165) is 16.2 Å². The van der Waals surface area contributed by atoms with Crippen LogP contribution in [0.25, 0.3) is 6.08 Å². The highest BCUT2D eigenvalue weighted by Gasteiger charge is 2.36. The fraction of sp³-hybridized carbons (Fsp3) is 0.0800. The van der Waals surface area contributed by atoms with Crippen molar-refractivity contribution in [1.29, 1.82) is 0 Å². The van der Waals surface area contributed by atoms with Crippen molar-refractivity contribution in [1.82, 2.24) is 0 Å². The summed E-state index contributed by atoms with van der Waals surface area (Å²) < 4.78 is 5.40. The second kappa shape index (κ2) is 8.67. The molecule has 1 aliphatic rings. The molecule has 1 N–H and O–H groups in total. The lowest BCUT2D eigenvalue weighted by molar-refractivity contribution is -0.111. The summed E-state index contributed by atoms with van der Waals surface area (Å²) in [5, 5.41) is 2.76. The van der Waals surface area contributed by atoms with Crippen molar-refractivity contribution in [3.05, 3.63) is 95.6 Å². The number of nitrogens with zero attached hydrogens (tertiary/aromatic N) is 1. The molecule has 0 saturated carbocycles. The molecule has 0 saturated heterocycles. The molecular weight excluding hydrogens is 392 g/mol. The maximum atomic E-state index is 12.7. The van der Waals surface area contributed by atoms with E-state index in [0.29, 0.717) is 29.1 Å². The van der Waals surface area contributed by atoms with E-state index in [2.05, 4.69) is 5.32 Å². The number of imide groups is 1. The summed E-state index contributed by atoms with van der Waals surface area (Å²) in [4.78, 5) is 38.8. The highest BCUT2D eigenvalue weighted by molar-refractivity contribution is 6.34. The van der Waals surface area contributed by atoms with Crippen LogP contribution < -0.4 is 15.0 Å².